The number of benzene rings is 1. The van der Waals surface area contributed by atoms with Gasteiger partial charge in [0.1, 0.15) is 0 Å². The highest BCUT2D eigenvalue weighted by Crippen LogP contribution is 2.40. The number of hydrogen-bond donors (Lipinski definition) is 1. The fourth-order valence-electron chi connectivity index (χ4n) is 1.35. The molecule has 19 heavy (non-hydrogen) atoms. The van der Waals surface area contributed by atoms with Crippen molar-refractivity contribution >= 4 is 43.2 Å². The smallest absolute Gasteiger partial charge is 0.271 e. The van der Waals surface area contributed by atoms with Crippen LogP contribution in [-0.4, -0.2) is 9.91 Å². The predicted molar refractivity (Wildman–Crippen MR) is 77.2 cm³/mol. The minimum atomic E-state index is -0.486. The van der Waals surface area contributed by atoms with E-state index in [1.54, 1.807) is 12.3 Å². The van der Waals surface area contributed by atoms with Gasteiger partial charge in [-0.05, 0) is 31.9 Å². The normalized spacial score (nSPS) is 10.2. The van der Waals surface area contributed by atoms with Gasteiger partial charge in [0.15, 0.2) is 11.5 Å². The van der Waals surface area contributed by atoms with E-state index in [1.807, 2.05) is 0 Å². The SMILES string of the molecule is Nc1cnccc1Oc1c(Br)cc([N+](=O)[O-])cc1Br. The largest absolute Gasteiger partial charge is 0.453 e. The third-order valence-corrected chi connectivity index (χ3v) is 3.39. The summed E-state index contributed by atoms with van der Waals surface area (Å²) in [7, 11) is 0. The summed E-state index contributed by atoms with van der Waals surface area (Å²) in [6, 6.07) is 4.32. The topological polar surface area (TPSA) is 91.3 Å². The van der Waals surface area contributed by atoms with E-state index in [4.69, 9.17) is 10.5 Å². The number of hydrogen-bond acceptors (Lipinski definition) is 5. The van der Waals surface area contributed by atoms with E-state index in [0.717, 1.165) is 0 Å². The van der Waals surface area contributed by atoms with E-state index < -0.39 is 4.92 Å². The first-order chi connectivity index (χ1) is 8.99. The number of ether oxygens (including phenoxy) is 1. The molecule has 1 heterocycles. The van der Waals surface area contributed by atoms with E-state index in [9.17, 15) is 10.1 Å². The van der Waals surface area contributed by atoms with Crippen molar-refractivity contribution in [3.63, 3.8) is 0 Å². The number of nitrogen functional groups attached to an aromatic ring is 1. The van der Waals surface area contributed by atoms with Crippen LogP contribution in [0.3, 0.4) is 0 Å². The fraction of sp³-hybridized carbons (Fsp3) is 0. The van der Waals surface area contributed by atoms with Crippen molar-refractivity contribution in [3.05, 3.63) is 49.7 Å². The van der Waals surface area contributed by atoms with Crippen molar-refractivity contribution in [2.24, 2.45) is 0 Å². The fourth-order valence-corrected chi connectivity index (χ4v) is 2.67. The lowest BCUT2D eigenvalue weighted by atomic mass is 10.3. The van der Waals surface area contributed by atoms with E-state index in [-0.39, 0.29) is 5.69 Å². The van der Waals surface area contributed by atoms with E-state index in [0.29, 0.717) is 26.1 Å². The Kier molecular flexibility index (Phi) is 4.01. The van der Waals surface area contributed by atoms with Crippen molar-refractivity contribution in [2.45, 2.75) is 0 Å². The van der Waals surface area contributed by atoms with Crippen LogP contribution in [0.25, 0.3) is 0 Å². The third kappa shape index (κ3) is 3.02. The molecule has 6 nitrogen and oxygen atoms in total. The molecule has 1 aromatic heterocycles. The Labute approximate surface area is 125 Å². The lowest BCUT2D eigenvalue weighted by Gasteiger charge is -2.11. The maximum Gasteiger partial charge on any atom is 0.271 e. The molecule has 0 bridgehead atoms. The summed E-state index contributed by atoms with van der Waals surface area (Å²) in [5.41, 5.74) is 6.05. The molecule has 2 N–H and O–H groups in total. The second-order valence-electron chi connectivity index (χ2n) is 3.51. The third-order valence-electron chi connectivity index (χ3n) is 2.22. The van der Waals surface area contributed by atoms with Gasteiger partial charge in [0.2, 0.25) is 0 Å². The summed E-state index contributed by atoms with van der Waals surface area (Å²) >= 11 is 6.46. The molecule has 2 rings (SSSR count). The number of nitro groups is 1. The molecule has 2 aromatic rings. The lowest BCUT2D eigenvalue weighted by molar-refractivity contribution is -0.385. The first kappa shape index (κ1) is 13.8. The molecule has 0 atom stereocenters. The molecular formula is C11H7Br2N3O3. The molecule has 0 radical (unpaired) electrons. The van der Waals surface area contributed by atoms with Gasteiger partial charge in [0.25, 0.3) is 5.69 Å². The summed E-state index contributed by atoms with van der Waals surface area (Å²) in [5.74, 6) is 0.828. The number of non-ortho nitro benzene ring substituents is 1. The maximum absolute atomic E-state index is 10.7. The van der Waals surface area contributed by atoms with Gasteiger partial charge < -0.3 is 10.5 Å². The molecule has 0 unspecified atom stereocenters. The summed E-state index contributed by atoms with van der Waals surface area (Å²) in [4.78, 5) is 14.1. The number of rotatable bonds is 3. The molecule has 0 aliphatic heterocycles. The first-order valence-electron chi connectivity index (χ1n) is 5.00. The highest BCUT2D eigenvalue weighted by molar-refractivity contribution is 9.11. The summed E-state index contributed by atoms with van der Waals surface area (Å²) in [5, 5.41) is 10.7. The van der Waals surface area contributed by atoms with Crippen LogP contribution in [-0.2, 0) is 0 Å². The maximum atomic E-state index is 10.7. The number of pyridine rings is 1. The van der Waals surface area contributed by atoms with Crippen LogP contribution in [0.1, 0.15) is 0 Å². The van der Waals surface area contributed by atoms with Crippen LogP contribution in [0.4, 0.5) is 11.4 Å². The number of nitrogens with two attached hydrogens (primary N) is 1. The summed E-state index contributed by atoms with van der Waals surface area (Å²) in [6.07, 6.45) is 3.00. The van der Waals surface area contributed by atoms with Crippen LogP contribution in [0.5, 0.6) is 11.5 Å². The second kappa shape index (κ2) is 5.54. The predicted octanol–water partition coefficient (Wildman–Crippen LogP) is 3.89. The van der Waals surface area contributed by atoms with Gasteiger partial charge >= 0.3 is 0 Å². The monoisotopic (exact) mass is 387 g/mol. The zero-order valence-electron chi connectivity index (χ0n) is 9.34. The number of aromatic nitrogens is 1. The first-order valence-corrected chi connectivity index (χ1v) is 6.58. The molecule has 0 spiro atoms. The van der Waals surface area contributed by atoms with Crippen molar-refractivity contribution in [3.8, 4) is 11.5 Å². The van der Waals surface area contributed by atoms with Gasteiger partial charge in [-0.25, -0.2) is 0 Å². The molecule has 1 aromatic carbocycles. The van der Waals surface area contributed by atoms with E-state index >= 15 is 0 Å². The highest BCUT2D eigenvalue weighted by Gasteiger charge is 2.16. The lowest BCUT2D eigenvalue weighted by Crippen LogP contribution is -1.95. The Balaban J connectivity index is 2.42. The Morgan fingerprint density at radius 1 is 1.32 bits per heavy atom. The van der Waals surface area contributed by atoms with E-state index in [2.05, 4.69) is 36.8 Å². The van der Waals surface area contributed by atoms with Gasteiger partial charge in [-0.3, -0.25) is 15.1 Å². The zero-order chi connectivity index (χ0) is 14.0. The molecule has 0 aliphatic rings. The Morgan fingerprint density at radius 3 is 2.47 bits per heavy atom. The van der Waals surface area contributed by atoms with Crippen LogP contribution >= 0.6 is 31.9 Å². The molecule has 0 saturated heterocycles. The van der Waals surface area contributed by atoms with Crippen LogP contribution in [0, 0.1) is 10.1 Å². The quantitative estimate of drug-likeness (QED) is 0.636. The number of anilines is 1. The standard InChI is InChI=1S/C11H7Br2N3O3/c12-7-3-6(16(17)18)4-8(13)11(7)19-10-1-2-15-5-9(10)14/h1-5H,14H2. The Hall–Kier alpha value is -1.67. The number of halogens is 2. The van der Waals surface area contributed by atoms with Gasteiger partial charge in [0, 0.05) is 24.4 Å². The molecule has 0 fully saturated rings. The summed E-state index contributed by atoms with van der Waals surface area (Å²) < 4.78 is 6.52. The molecule has 0 amide bonds. The minimum Gasteiger partial charge on any atom is -0.453 e. The average Bonchev–Trinajstić information content (AvgIpc) is 2.35. The van der Waals surface area contributed by atoms with E-state index in [1.165, 1.54) is 18.3 Å². The second-order valence-corrected chi connectivity index (χ2v) is 5.22. The molecule has 8 heteroatoms. The van der Waals surface area contributed by atoms with Gasteiger partial charge in [-0.1, -0.05) is 0 Å². The molecule has 0 aliphatic carbocycles. The minimum absolute atomic E-state index is 0.0474. The van der Waals surface area contributed by atoms with Crippen LogP contribution in [0.15, 0.2) is 39.5 Å². The molecular weight excluding hydrogens is 382 g/mol. The Morgan fingerprint density at radius 2 is 1.95 bits per heavy atom. The van der Waals surface area contributed by atoms with Crippen LogP contribution < -0.4 is 10.5 Å². The molecule has 98 valence electrons. The number of nitro benzene ring substituents is 1. The van der Waals surface area contributed by atoms with Gasteiger partial charge in [-0.2, -0.15) is 0 Å². The molecule has 0 saturated carbocycles. The van der Waals surface area contributed by atoms with Crippen LogP contribution in [0.2, 0.25) is 0 Å². The van der Waals surface area contributed by atoms with Crippen molar-refractivity contribution in [1.29, 1.82) is 0 Å². The average molecular weight is 389 g/mol. The van der Waals surface area contributed by atoms with Gasteiger partial charge in [-0.15, -0.1) is 0 Å². The zero-order valence-corrected chi connectivity index (χ0v) is 12.5. The Bertz CT molecular complexity index is 626. The van der Waals surface area contributed by atoms with Crippen molar-refractivity contribution in [2.75, 3.05) is 5.73 Å². The highest BCUT2D eigenvalue weighted by atomic mass is 79.9. The van der Waals surface area contributed by atoms with Crippen molar-refractivity contribution in [1.82, 2.24) is 4.98 Å². The van der Waals surface area contributed by atoms with Crippen molar-refractivity contribution < 1.29 is 9.66 Å². The van der Waals surface area contributed by atoms with Gasteiger partial charge in [0.05, 0.1) is 25.8 Å². The summed E-state index contributed by atoms with van der Waals surface area (Å²) in [6.45, 7) is 0. The number of nitrogens with zero attached hydrogens (tertiary/aromatic N) is 2.